The van der Waals surface area contributed by atoms with E-state index in [0.29, 0.717) is 23.0 Å². The molecule has 4 N–H and O–H groups in total. The van der Waals surface area contributed by atoms with Gasteiger partial charge < -0.3 is 15.8 Å². The lowest BCUT2D eigenvalue weighted by Gasteiger charge is -2.26. The van der Waals surface area contributed by atoms with Crippen molar-refractivity contribution in [2.75, 3.05) is 10.0 Å². The van der Waals surface area contributed by atoms with Crippen LogP contribution >= 0.6 is 11.6 Å². The van der Waals surface area contributed by atoms with Crippen molar-refractivity contribution >= 4 is 44.0 Å². The quantitative estimate of drug-likeness (QED) is 0.166. The summed E-state index contributed by atoms with van der Waals surface area (Å²) in [7, 11) is -4.03. The molecule has 220 valence electrons. The van der Waals surface area contributed by atoms with E-state index in [1.807, 2.05) is 36.4 Å². The van der Waals surface area contributed by atoms with Gasteiger partial charge in [-0.15, -0.1) is 0 Å². The highest BCUT2D eigenvalue weighted by molar-refractivity contribution is 7.92. The van der Waals surface area contributed by atoms with Crippen LogP contribution in [-0.4, -0.2) is 30.5 Å². The van der Waals surface area contributed by atoms with Crippen LogP contribution in [-0.2, 0) is 10.0 Å². The van der Waals surface area contributed by atoms with Crippen molar-refractivity contribution in [1.29, 1.82) is 0 Å². The number of anilines is 2. The fraction of sp³-hybridized carbons (Fsp3) is 0.188. The van der Waals surface area contributed by atoms with E-state index < -0.39 is 15.8 Å². The second kappa shape index (κ2) is 12.2. The van der Waals surface area contributed by atoms with Gasteiger partial charge in [0, 0.05) is 29.9 Å². The molecular weight excluding hydrogens is 589 g/mol. The first kappa shape index (κ1) is 28.9. The summed E-state index contributed by atoms with van der Waals surface area (Å²) in [5.41, 5.74) is 7.34. The molecule has 0 amide bonds. The number of ether oxygens (including phenoxy) is 1. The molecule has 1 fully saturated rings. The number of benzene rings is 4. The highest BCUT2D eigenvalue weighted by Crippen LogP contribution is 2.38. The second-order valence-corrected chi connectivity index (χ2v) is 12.6. The van der Waals surface area contributed by atoms with Crippen LogP contribution in [0, 0.1) is 5.82 Å². The third kappa shape index (κ3) is 6.56. The number of nitrogens with one attached hydrogen (secondary N) is 2. The van der Waals surface area contributed by atoms with Crippen molar-refractivity contribution in [3.05, 3.63) is 102 Å². The highest BCUT2D eigenvalue weighted by Gasteiger charge is 2.21. The van der Waals surface area contributed by atoms with Crippen molar-refractivity contribution in [3.63, 3.8) is 0 Å². The molecule has 1 saturated carbocycles. The van der Waals surface area contributed by atoms with Gasteiger partial charge in [-0.2, -0.15) is 0 Å². The second-order valence-electron chi connectivity index (χ2n) is 10.5. The average molecular weight is 618 g/mol. The number of sulfonamides is 1. The van der Waals surface area contributed by atoms with Gasteiger partial charge in [-0.05, 0) is 78.9 Å². The van der Waals surface area contributed by atoms with Crippen LogP contribution in [0.4, 0.5) is 16.0 Å². The molecule has 0 unspecified atom stereocenters. The Kier molecular flexibility index (Phi) is 8.16. The summed E-state index contributed by atoms with van der Waals surface area (Å²) < 4.78 is 49.5. The molecule has 0 spiro atoms. The van der Waals surface area contributed by atoms with Crippen LogP contribution in [0.1, 0.15) is 25.7 Å². The van der Waals surface area contributed by atoms with E-state index in [4.69, 9.17) is 27.1 Å². The fourth-order valence-electron chi connectivity index (χ4n) is 5.17. The first-order valence-corrected chi connectivity index (χ1v) is 15.7. The molecule has 43 heavy (non-hydrogen) atoms. The average Bonchev–Trinajstić information content (AvgIpc) is 2.99. The Morgan fingerprint density at radius 1 is 0.884 bits per heavy atom. The monoisotopic (exact) mass is 617 g/mol. The van der Waals surface area contributed by atoms with E-state index in [9.17, 15) is 8.42 Å². The van der Waals surface area contributed by atoms with Gasteiger partial charge in [-0.3, -0.25) is 4.72 Å². The Morgan fingerprint density at radius 2 is 1.60 bits per heavy atom. The van der Waals surface area contributed by atoms with E-state index in [-0.39, 0.29) is 33.4 Å². The standard InChI is InChI=1S/C32H29ClFN5O3S/c33-26-7-3-4-8-31(26)43(40,41)39-24-13-14-29(27(34)19-24)42-30-18-21-6-2-1-5-20(21)17-25(30)28-15-16-36-32(38-28)37-23-11-9-22(35)10-12-23/h1-8,13-19,22-23,39H,9-12,35H2,(H,36,37,38). The molecule has 0 atom stereocenters. The summed E-state index contributed by atoms with van der Waals surface area (Å²) in [6, 6.07) is 23.7. The minimum Gasteiger partial charge on any atom is -0.454 e. The highest BCUT2D eigenvalue weighted by atomic mass is 35.5. The van der Waals surface area contributed by atoms with Crippen LogP contribution < -0.4 is 20.5 Å². The van der Waals surface area contributed by atoms with E-state index >= 15 is 4.39 Å². The normalized spacial score (nSPS) is 17.0. The van der Waals surface area contributed by atoms with E-state index in [1.54, 1.807) is 24.4 Å². The largest absolute Gasteiger partial charge is 0.454 e. The van der Waals surface area contributed by atoms with Gasteiger partial charge in [0.2, 0.25) is 5.95 Å². The van der Waals surface area contributed by atoms with E-state index in [2.05, 4.69) is 15.0 Å². The molecule has 1 aromatic heterocycles. The fourth-order valence-corrected chi connectivity index (χ4v) is 6.74. The maximum Gasteiger partial charge on any atom is 0.263 e. The Hall–Kier alpha value is -4.25. The number of fused-ring (bicyclic) bond motifs is 1. The Balaban J connectivity index is 1.30. The molecule has 0 saturated heterocycles. The van der Waals surface area contributed by atoms with Crippen molar-refractivity contribution in [2.24, 2.45) is 5.73 Å². The minimum absolute atomic E-state index is 0.0266. The van der Waals surface area contributed by atoms with Gasteiger partial charge in [0.25, 0.3) is 10.0 Å². The van der Waals surface area contributed by atoms with Crippen molar-refractivity contribution in [3.8, 4) is 22.8 Å². The van der Waals surface area contributed by atoms with Crippen LogP contribution in [0.25, 0.3) is 22.0 Å². The van der Waals surface area contributed by atoms with Crippen LogP contribution in [0.15, 0.2) is 96.0 Å². The molecule has 1 aliphatic rings. The van der Waals surface area contributed by atoms with Crippen molar-refractivity contribution in [1.82, 2.24) is 9.97 Å². The molecule has 1 heterocycles. The van der Waals surface area contributed by atoms with E-state index in [1.165, 1.54) is 24.3 Å². The van der Waals surface area contributed by atoms with Crippen molar-refractivity contribution < 1.29 is 17.5 Å². The number of nitrogens with two attached hydrogens (primary N) is 1. The molecule has 0 radical (unpaired) electrons. The Bertz CT molecular complexity index is 1900. The zero-order valence-corrected chi connectivity index (χ0v) is 24.6. The summed E-state index contributed by atoms with van der Waals surface area (Å²) in [5.74, 6) is 0.0518. The Labute approximate surface area is 254 Å². The predicted octanol–water partition coefficient (Wildman–Crippen LogP) is 7.36. The zero-order valence-electron chi connectivity index (χ0n) is 23.0. The van der Waals surface area contributed by atoms with Crippen LogP contribution in [0.2, 0.25) is 5.02 Å². The first-order valence-electron chi connectivity index (χ1n) is 13.9. The number of hydrogen-bond donors (Lipinski definition) is 3. The molecule has 0 aliphatic heterocycles. The lowest BCUT2D eigenvalue weighted by Crippen LogP contribution is -2.33. The van der Waals surface area contributed by atoms with Crippen LogP contribution in [0.3, 0.4) is 0 Å². The minimum atomic E-state index is -4.03. The third-order valence-corrected chi connectivity index (χ3v) is 9.30. The molecule has 8 nitrogen and oxygen atoms in total. The SMILES string of the molecule is NC1CCC(Nc2nccc(-c3cc4ccccc4cc3Oc3ccc(NS(=O)(=O)c4ccccc4Cl)cc3F)n2)CC1. The summed E-state index contributed by atoms with van der Waals surface area (Å²) in [5, 5.41) is 5.35. The van der Waals surface area contributed by atoms with Crippen LogP contribution in [0.5, 0.6) is 11.5 Å². The number of nitrogens with zero attached hydrogens (tertiary/aromatic N) is 2. The predicted molar refractivity (Wildman–Crippen MR) is 168 cm³/mol. The third-order valence-electron chi connectivity index (χ3n) is 7.41. The molecule has 1 aliphatic carbocycles. The molecule has 6 rings (SSSR count). The number of hydrogen-bond acceptors (Lipinski definition) is 7. The summed E-state index contributed by atoms with van der Waals surface area (Å²) in [4.78, 5) is 9.07. The summed E-state index contributed by atoms with van der Waals surface area (Å²) in [6.45, 7) is 0. The summed E-state index contributed by atoms with van der Waals surface area (Å²) in [6.07, 6.45) is 5.47. The molecule has 11 heteroatoms. The molecular formula is C32H29ClFN5O3S. The number of halogens is 2. The maximum absolute atomic E-state index is 15.4. The number of rotatable bonds is 8. The lowest BCUT2D eigenvalue weighted by molar-refractivity contribution is 0.410. The zero-order chi connectivity index (χ0) is 30.0. The van der Waals surface area contributed by atoms with Gasteiger partial charge in [-0.1, -0.05) is 48.0 Å². The summed E-state index contributed by atoms with van der Waals surface area (Å²) >= 11 is 6.06. The van der Waals surface area contributed by atoms with Gasteiger partial charge in [0.05, 0.1) is 16.4 Å². The van der Waals surface area contributed by atoms with E-state index in [0.717, 1.165) is 42.5 Å². The molecule has 4 aromatic carbocycles. The molecule has 5 aromatic rings. The topological polar surface area (TPSA) is 119 Å². The first-order chi connectivity index (χ1) is 20.7. The maximum atomic E-state index is 15.4. The van der Waals surface area contributed by atoms with Gasteiger partial charge in [-0.25, -0.2) is 22.8 Å². The molecule has 0 bridgehead atoms. The van der Waals surface area contributed by atoms with Gasteiger partial charge in [0.15, 0.2) is 11.6 Å². The lowest BCUT2D eigenvalue weighted by atomic mass is 9.92. The van der Waals surface area contributed by atoms with Gasteiger partial charge in [0.1, 0.15) is 10.6 Å². The smallest absolute Gasteiger partial charge is 0.263 e. The van der Waals surface area contributed by atoms with Gasteiger partial charge >= 0.3 is 0 Å². The number of aromatic nitrogens is 2. The van der Waals surface area contributed by atoms with Crippen molar-refractivity contribution in [2.45, 2.75) is 42.7 Å². The Morgan fingerprint density at radius 3 is 2.35 bits per heavy atom.